The Hall–Kier alpha value is -2.75. The van der Waals surface area contributed by atoms with Crippen LogP contribution in [-0.4, -0.2) is 41.3 Å². The second-order valence-electron chi connectivity index (χ2n) is 6.90. The van der Waals surface area contributed by atoms with Crippen LogP contribution in [0.15, 0.2) is 36.4 Å². The molecule has 1 unspecified atom stereocenters. The second-order valence-corrected chi connectivity index (χ2v) is 6.90. The summed E-state index contributed by atoms with van der Waals surface area (Å²) >= 11 is 0. The number of rotatable bonds is 6. The molecular formula is C20H21BFNO6. The van der Waals surface area contributed by atoms with Crippen molar-refractivity contribution in [1.82, 2.24) is 5.32 Å². The summed E-state index contributed by atoms with van der Waals surface area (Å²) in [5.41, 5.74) is 2.68. The molecule has 0 saturated heterocycles. The number of nitrogens with one attached hydrogen (secondary N) is 1. The van der Waals surface area contributed by atoms with Crippen LogP contribution < -0.4 is 10.8 Å². The van der Waals surface area contributed by atoms with Gasteiger partial charge in [0.2, 0.25) is 0 Å². The van der Waals surface area contributed by atoms with Crippen LogP contribution in [0.3, 0.4) is 0 Å². The number of aliphatic hydroxyl groups is 1. The Kier molecular flexibility index (Phi) is 6.31. The number of esters is 1. The van der Waals surface area contributed by atoms with Crippen LogP contribution in [-0.2, 0) is 27.4 Å². The second kappa shape index (κ2) is 8.73. The summed E-state index contributed by atoms with van der Waals surface area (Å²) < 4.78 is 23.3. The van der Waals surface area contributed by atoms with Crippen LogP contribution in [0.2, 0.25) is 0 Å². The monoisotopic (exact) mass is 401 g/mol. The van der Waals surface area contributed by atoms with Gasteiger partial charge in [0.25, 0.3) is 5.91 Å². The van der Waals surface area contributed by atoms with E-state index in [4.69, 9.17) is 9.39 Å². The van der Waals surface area contributed by atoms with Gasteiger partial charge >= 0.3 is 13.1 Å². The third kappa shape index (κ3) is 4.64. The molecule has 1 aliphatic heterocycles. The van der Waals surface area contributed by atoms with Crippen molar-refractivity contribution in [3.05, 3.63) is 64.5 Å². The van der Waals surface area contributed by atoms with Gasteiger partial charge in [-0.3, -0.25) is 4.79 Å². The molecule has 1 aliphatic rings. The minimum absolute atomic E-state index is 0.125. The zero-order chi connectivity index (χ0) is 21.1. The van der Waals surface area contributed by atoms with Crippen molar-refractivity contribution in [3.63, 3.8) is 0 Å². The summed E-state index contributed by atoms with van der Waals surface area (Å²) in [4.78, 5) is 25.1. The van der Waals surface area contributed by atoms with Crippen molar-refractivity contribution >= 4 is 24.5 Å². The lowest BCUT2D eigenvalue weighted by Gasteiger charge is -2.21. The Labute approximate surface area is 167 Å². The molecule has 0 aliphatic carbocycles. The van der Waals surface area contributed by atoms with E-state index in [-0.39, 0.29) is 18.8 Å². The number of halogens is 1. The van der Waals surface area contributed by atoms with Gasteiger partial charge in [0.1, 0.15) is 12.4 Å². The zero-order valence-corrected chi connectivity index (χ0v) is 16.0. The summed E-state index contributed by atoms with van der Waals surface area (Å²) in [7, 11) is -1.11. The summed E-state index contributed by atoms with van der Waals surface area (Å²) in [6.07, 6.45) is -1.21. The smallest absolute Gasteiger partial charge is 0.459 e. The fraction of sp³-hybridized carbons (Fsp3) is 0.300. The van der Waals surface area contributed by atoms with Crippen molar-refractivity contribution in [1.29, 1.82) is 0 Å². The van der Waals surface area contributed by atoms with Crippen molar-refractivity contribution in [3.8, 4) is 0 Å². The highest BCUT2D eigenvalue weighted by molar-refractivity contribution is 6.62. The molecule has 3 N–H and O–H groups in total. The number of hydrogen-bond donors (Lipinski definition) is 3. The largest absolute Gasteiger partial charge is 0.492 e. The number of carbonyl (C=O) groups is 2. The number of fused-ring (bicyclic) bond motifs is 1. The first-order chi connectivity index (χ1) is 13.8. The van der Waals surface area contributed by atoms with E-state index in [1.165, 1.54) is 31.2 Å². The van der Waals surface area contributed by atoms with E-state index < -0.39 is 37.0 Å². The third-order valence-corrected chi connectivity index (χ3v) is 4.81. The normalized spacial score (nSPS) is 14.9. The van der Waals surface area contributed by atoms with E-state index in [2.05, 4.69) is 5.32 Å². The van der Waals surface area contributed by atoms with E-state index in [9.17, 15) is 24.1 Å². The zero-order valence-electron chi connectivity index (χ0n) is 16.0. The van der Waals surface area contributed by atoms with E-state index >= 15 is 0 Å². The van der Waals surface area contributed by atoms with Gasteiger partial charge in [-0.2, -0.15) is 0 Å². The van der Waals surface area contributed by atoms with E-state index in [1.807, 2.05) is 0 Å². The van der Waals surface area contributed by atoms with Crippen LogP contribution in [0.25, 0.3) is 0 Å². The first kappa shape index (κ1) is 21.0. The molecular weight excluding hydrogens is 380 g/mol. The maximum atomic E-state index is 13.0. The summed E-state index contributed by atoms with van der Waals surface area (Å²) in [5, 5.41) is 22.4. The lowest BCUT2D eigenvalue weighted by molar-refractivity contribution is -0.150. The predicted molar refractivity (Wildman–Crippen MR) is 103 cm³/mol. The highest BCUT2D eigenvalue weighted by atomic mass is 19.1. The van der Waals surface area contributed by atoms with E-state index in [0.29, 0.717) is 16.6 Å². The average molecular weight is 401 g/mol. The number of ether oxygens (including phenoxy) is 1. The molecule has 0 spiro atoms. The third-order valence-electron chi connectivity index (χ3n) is 4.81. The first-order valence-corrected chi connectivity index (χ1v) is 9.10. The van der Waals surface area contributed by atoms with Gasteiger partial charge in [0.05, 0.1) is 12.7 Å². The van der Waals surface area contributed by atoms with Crippen molar-refractivity contribution in [2.24, 2.45) is 0 Å². The molecule has 2 aromatic carbocycles. The Morgan fingerprint density at radius 2 is 1.97 bits per heavy atom. The summed E-state index contributed by atoms with van der Waals surface area (Å²) in [6, 6.07) is 7.39. The summed E-state index contributed by atoms with van der Waals surface area (Å²) in [5.74, 6) is -1.82. The highest BCUT2D eigenvalue weighted by Crippen LogP contribution is 2.17. The standard InChI is InChI=1S/C20H21BFNO6/c1-11-16(8-5-14-10-29-21(27)17(11)14)19(25)23-18(12(2)24)20(26)28-9-13-3-6-15(22)7-4-13/h3-8,12,18,24,27H,9-10H2,1-2H3,(H,23,25)/t12-,18?/m0/s1. The highest BCUT2D eigenvalue weighted by Gasteiger charge is 2.33. The Balaban J connectivity index is 1.70. The number of aliphatic hydroxyl groups excluding tert-OH is 1. The quantitative estimate of drug-likeness (QED) is 0.483. The lowest BCUT2D eigenvalue weighted by Crippen LogP contribution is -2.49. The molecule has 0 bridgehead atoms. The molecule has 3 rings (SSSR count). The summed E-state index contributed by atoms with van der Waals surface area (Å²) in [6.45, 7) is 3.16. The molecule has 29 heavy (non-hydrogen) atoms. The van der Waals surface area contributed by atoms with Crippen LogP contribution in [0.1, 0.15) is 34.0 Å². The molecule has 152 valence electrons. The minimum atomic E-state index is -1.29. The molecule has 2 atom stereocenters. The predicted octanol–water partition coefficient (Wildman–Crippen LogP) is 0.574. The van der Waals surface area contributed by atoms with Crippen LogP contribution in [0, 0.1) is 12.7 Å². The van der Waals surface area contributed by atoms with Crippen LogP contribution >= 0.6 is 0 Å². The number of benzene rings is 2. The SMILES string of the molecule is Cc1c(C(=O)NC(C(=O)OCc2ccc(F)cc2)[C@H](C)O)ccc2c1B(O)OC2. The molecule has 7 nitrogen and oxygen atoms in total. The molecule has 0 aromatic heterocycles. The Bertz CT molecular complexity index is 918. The van der Waals surface area contributed by atoms with E-state index in [1.54, 1.807) is 19.1 Å². The lowest BCUT2D eigenvalue weighted by atomic mass is 9.75. The molecule has 0 radical (unpaired) electrons. The van der Waals surface area contributed by atoms with Crippen LogP contribution in [0.4, 0.5) is 4.39 Å². The van der Waals surface area contributed by atoms with Crippen LogP contribution in [0.5, 0.6) is 0 Å². The molecule has 0 fully saturated rings. The van der Waals surface area contributed by atoms with Gasteiger partial charge < -0.3 is 24.8 Å². The van der Waals surface area contributed by atoms with Gasteiger partial charge in [-0.05, 0) is 54.2 Å². The molecule has 2 aromatic rings. The molecule has 9 heteroatoms. The van der Waals surface area contributed by atoms with Crippen molar-refractivity contribution in [2.45, 2.75) is 39.2 Å². The number of hydrogen-bond acceptors (Lipinski definition) is 6. The van der Waals surface area contributed by atoms with Gasteiger partial charge in [-0.25, -0.2) is 9.18 Å². The Morgan fingerprint density at radius 3 is 2.62 bits per heavy atom. The topological polar surface area (TPSA) is 105 Å². The molecule has 0 saturated carbocycles. The molecule has 1 amide bonds. The number of carbonyl (C=O) groups excluding carboxylic acids is 2. The van der Waals surface area contributed by atoms with Gasteiger partial charge in [0.15, 0.2) is 6.04 Å². The fourth-order valence-corrected chi connectivity index (χ4v) is 3.17. The van der Waals surface area contributed by atoms with Gasteiger partial charge in [0, 0.05) is 5.56 Å². The Morgan fingerprint density at radius 1 is 1.28 bits per heavy atom. The average Bonchev–Trinajstić information content (AvgIpc) is 3.07. The maximum absolute atomic E-state index is 13.0. The fourth-order valence-electron chi connectivity index (χ4n) is 3.17. The van der Waals surface area contributed by atoms with Crippen molar-refractivity contribution in [2.75, 3.05) is 0 Å². The maximum Gasteiger partial charge on any atom is 0.492 e. The first-order valence-electron chi connectivity index (χ1n) is 9.10. The van der Waals surface area contributed by atoms with Gasteiger partial charge in [-0.15, -0.1) is 0 Å². The van der Waals surface area contributed by atoms with E-state index in [0.717, 1.165) is 5.56 Å². The number of amides is 1. The van der Waals surface area contributed by atoms with Crippen molar-refractivity contribution < 1.29 is 33.5 Å². The molecule has 1 heterocycles. The minimum Gasteiger partial charge on any atom is -0.459 e. The van der Waals surface area contributed by atoms with Gasteiger partial charge in [-0.1, -0.05) is 18.2 Å².